The molecule has 0 aromatic carbocycles. The van der Waals surface area contributed by atoms with E-state index in [1.807, 2.05) is 0 Å². The lowest BCUT2D eigenvalue weighted by atomic mass is 10.1. The molecule has 2 fully saturated rings. The molecule has 12 heavy (non-hydrogen) atoms. The summed E-state index contributed by atoms with van der Waals surface area (Å²) in [6.45, 7) is 5.09. The number of fused-ring (bicyclic) bond motifs is 1. The van der Waals surface area contributed by atoms with Crippen LogP contribution in [0.25, 0.3) is 0 Å². The van der Waals surface area contributed by atoms with Crippen LogP contribution in [-0.4, -0.2) is 56.5 Å². The molecule has 2 aliphatic heterocycles. The van der Waals surface area contributed by atoms with Crippen LogP contribution in [0, 0.1) is 0 Å². The molecule has 0 spiro atoms. The highest BCUT2D eigenvalue weighted by molar-refractivity contribution is 4.82. The van der Waals surface area contributed by atoms with E-state index in [0.29, 0.717) is 12.6 Å². The Hall–Kier alpha value is -0.160. The number of nitrogens with zero attached hydrogens (tertiary/aromatic N) is 1. The van der Waals surface area contributed by atoms with Crippen LogP contribution in [0.1, 0.15) is 0 Å². The van der Waals surface area contributed by atoms with Gasteiger partial charge >= 0.3 is 0 Å². The average Bonchev–Trinajstić information content (AvgIpc) is 2.17. The van der Waals surface area contributed by atoms with Crippen LogP contribution in [0.3, 0.4) is 0 Å². The van der Waals surface area contributed by atoms with Crippen LogP contribution in [0.4, 0.5) is 0 Å². The third kappa shape index (κ3) is 1.61. The molecule has 0 aromatic heterocycles. The van der Waals surface area contributed by atoms with E-state index in [1.165, 1.54) is 0 Å². The summed E-state index contributed by atoms with van der Waals surface area (Å²) >= 11 is 0. The van der Waals surface area contributed by atoms with E-state index in [4.69, 9.17) is 15.2 Å². The minimum atomic E-state index is 0.236. The van der Waals surface area contributed by atoms with Crippen LogP contribution in [0.15, 0.2) is 0 Å². The molecule has 0 amide bonds. The molecule has 0 radical (unpaired) electrons. The first kappa shape index (κ1) is 8.44. The summed E-state index contributed by atoms with van der Waals surface area (Å²) < 4.78 is 10.9. The Labute approximate surface area is 72.6 Å². The standard InChI is InChI=1S/C8H16N2O2/c9-3-8-4-10-1-2-11-5-7(10)6-12-8/h7-8H,1-6,9H2/t7-,8?/m0/s1. The van der Waals surface area contributed by atoms with E-state index < -0.39 is 0 Å². The van der Waals surface area contributed by atoms with Gasteiger partial charge in [-0.15, -0.1) is 0 Å². The van der Waals surface area contributed by atoms with E-state index in [9.17, 15) is 0 Å². The van der Waals surface area contributed by atoms with Gasteiger partial charge in [-0.3, -0.25) is 4.90 Å². The van der Waals surface area contributed by atoms with Crippen molar-refractivity contribution >= 4 is 0 Å². The van der Waals surface area contributed by atoms with Crippen LogP contribution < -0.4 is 5.73 Å². The average molecular weight is 172 g/mol. The van der Waals surface area contributed by atoms with Gasteiger partial charge in [-0.1, -0.05) is 0 Å². The topological polar surface area (TPSA) is 47.7 Å². The van der Waals surface area contributed by atoms with Gasteiger partial charge in [-0.25, -0.2) is 0 Å². The molecule has 2 atom stereocenters. The second-order valence-corrected chi connectivity index (χ2v) is 3.41. The Morgan fingerprint density at radius 3 is 3.17 bits per heavy atom. The summed E-state index contributed by atoms with van der Waals surface area (Å²) in [4.78, 5) is 2.42. The van der Waals surface area contributed by atoms with Gasteiger partial charge in [-0.05, 0) is 0 Å². The molecule has 1 unspecified atom stereocenters. The van der Waals surface area contributed by atoms with E-state index >= 15 is 0 Å². The van der Waals surface area contributed by atoms with Crippen molar-refractivity contribution in [2.24, 2.45) is 5.73 Å². The predicted molar refractivity (Wildman–Crippen MR) is 45.0 cm³/mol. The van der Waals surface area contributed by atoms with Crippen molar-refractivity contribution in [1.82, 2.24) is 4.90 Å². The van der Waals surface area contributed by atoms with Gasteiger partial charge in [0.15, 0.2) is 0 Å². The summed E-state index contributed by atoms with van der Waals surface area (Å²) in [7, 11) is 0. The number of morpholine rings is 2. The van der Waals surface area contributed by atoms with E-state index in [1.54, 1.807) is 0 Å². The Balaban J connectivity index is 1.90. The minimum Gasteiger partial charge on any atom is -0.378 e. The first-order valence-electron chi connectivity index (χ1n) is 4.53. The van der Waals surface area contributed by atoms with Crippen LogP contribution in [0.2, 0.25) is 0 Å². The normalized spacial score (nSPS) is 37.8. The van der Waals surface area contributed by atoms with Crippen LogP contribution >= 0.6 is 0 Å². The zero-order valence-electron chi connectivity index (χ0n) is 7.24. The molecule has 0 aliphatic carbocycles. The Kier molecular flexibility index (Phi) is 2.60. The van der Waals surface area contributed by atoms with Gasteiger partial charge in [-0.2, -0.15) is 0 Å². The molecule has 4 nitrogen and oxygen atoms in total. The molecular formula is C8H16N2O2. The van der Waals surface area contributed by atoms with Gasteiger partial charge in [0.1, 0.15) is 0 Å². The van der Waals surface area contributed by atoms with Crippen molar-refractivity contribution in [3.05, 3.63) is 0 Å². The number of rotatable bonds is 1. The maximum atomic E-state index is 5.55. The second-order valence-electron chi connectivity index (χ2n) is 3.41. The molecular weight excluding hydrogens is 156 g/mol. The van der Waals surface area contributed by atoms with Crippen molar-refractivity contribution in [3.63, 3.8) is 0 Å². The Morgan fingerprint density at radius 2 is 2.33 bits per heavy atom. The van der Waals surface area contributed by atoms with Gasteiger partial charge in [0.05, 0.1) is 32.0 Å². The lowest BCUT2D eigenvalue weighted by Gasteiger charge is -2.41. The highest BCUT2D eigenvalue weighted by atomic mass is 16.5. The Morgan fingerprint density at radius 1 is 1.42 bits per heavy atom. The smallest absolute Gasteiger partial charge is 0.0824 e. The van der Waals surface area contributed by atoms with Gasteiger partial charge < -0.3 is 15.2 Å². The second kappa shape index (κ2) is 3.70. The summed E-state index contributed by atoms with van der Waals surface area (Å²) in [5.41, 5.74) is 5.54. The van der Waals surface area contributed by atoms with Crippen LogP contribution in [-0.2, 0) is 9.47 Å². The van der Waals surface area contributed by atoms with Gasteiger partial charge in [0.2, 0.25) is 0 Å². The first-order chi connectivity index (χ1) is 5.90. The van der Waals surface area contributed by atoms with E-state index in [0.717, 1.165) is 32.9 Å². The molecule has 2 N–H and O–H groups in total. The number of hydrogen-bond donors (Lipinski definition) is 1. The zero-order valence-corrected chi connectivity index (χ0v) is 7.24. The maximum absolute atomic E-state index is 5.55. The molecule has 70 valence electrons. The summed E-state index contributed by atoms with van der Waals surface area (Å²) in [5, 5.41) is 0. The number of nitrogens with two attached hydrogens (primary N) is 1. The van der Waals surface area contributed by atoms with Crippen molar-refractivity contribution in [1.29, 1.82) is 0 Å². The van der Waals surface area contributed by atoms with Crippen molar-refractivity contribution in [2.45, 2.75) is 12.1 Å². The summed E-state index contributed by atoms with van der Waals surface area (Å²) in [6.07, 6.45) is 0.236. The summed E-state index contributed by atoms with van der Waals surface area (Å²) in [5.74, 6) is 0. The predicted octanol–water partition coefficient (Wildman–Crippen LogP) is -0.955. The highest BCUT2D eigenvalue weighted by Gasteiger charge is 2.30. The SMILES string of the molecule is NCC1CN2CCOC[C@H]2CO1. The van der Waals surface area contributed by atoms with Crippen molar-refractivity contribution in [2.75, 3.05) is 39.5 Å². The first-order valence-corrected chi connectivity index (χ1v) is 4.53. The molecule has 0 saturated carbocycles. The molecule has 0 bridgehead atoms. The summed E-state index contributed by atoms with van der Waals surface area (Å²) in [6, 6.07) is 0.474. The van der Waals surface area contributed by atoms with Crippen molar-refractivity contribution in [3.8, 4) is 0 Å². The van der Waals surface area contributed by atoms with E-state index in [-0.39, 0.29) is 6.10 Å². The molecule has 2 aliphatic rings. The molecule has 4 heteroatoms. The quantitative estimate of drug-likeness (QED) is 0.553. The number of hydrogen-bond acceptors (Lipinski definition) is 4. The van der Waals surface area contributed by atoms with Gasteiger partial charge in [0.25, 0.3) is 0 Å². The lowest BCUT2D eigenvalue weighted by Crippen LogP contribution is -2.56. The third-order valence-electron chi connectivity index (χ3n) is 2.57. The zero-order chi connectivity index (χ0) is 8.39. The largest absolute Gasteiger partial charge is 0.378 e. The lowest BCUT2D eigenvalue weighted by molar-refractivity contribution is -0.113. The Bertz CT molecular complexity index is 154. The van der Waals surface area contributed by atoms with Crippen LogP contribution in [0.5, 0.6) is 0 Å². The molecule has 0 aromatic rings. The minimum absolute atomic E-state index is 0.236. The van der Waals surface area contributed by atoms with E-state index in [2.05, 4.69) is 4.90 Å². The molecule has 2 heterocycles. The molecule has 2 saturated heterocycles. The monoisotopic (exact) mass is 172 g/mol. The fourth-order valence-corrected chi connectivity index (χ4v) is 1.79. The fourth-order valence-electron chi connectivity index (χ4n) is 1.79. The maximum Gasteiger partial charge on any atom is 0.0824 e. The van der Waals surface area contributed by atoms with Gasteiger partial charge in [0, 0.05) is 19.6 Å². The van der Waals surface area contributed by atoms with Crippen molar-refractivity contribution < 1.29 is 9.47 Å². The third-order valence-corrected chi connectivity index (χ3v) is 2.57. The fraction of sp³-hybridized carbons (Fsp3) is 1.00. The highest BCUT2D eigenvalue weighted by Crippen LogP contribution is 2.14. The number of ether oxygens (including phenoxy) is 2. The molecule has 2 rings (SSSR count).